The fraction of sp³-hybridized carbons (Fsp3) is 0.353. The third-order valence-electron chi connectivity index (χ3n) is 3.95. The number of nitrogens with one attached hydrogen (secondary N) is 2. The molecule has 2 aromatic rings. The molecule has 2 heterocycles. The van der Waals surface area contributed by atoms with Crippen molar-refractivity contribution in [3.63, 3.8) is 0 Å². The van der Waals surface area contributed by atoms with Crippen molar-refractivity contribution in [2.45, 2.75) is 25.7 Å². The highest BCUT2D eigenvalue weighted by molar-refractivity contribution is 7.07. The Morgan fingerprint density at radius 1 is 0.958 bits per heavy atom. The van der Waals surface area contributed by atoms with E-state index in [1.165, 1.54) is 24.2 Å². The van der Waals surface area contributed by atoms with E-state index in [9.17, 15) is 9.59 Å². The number of benzene rings is 1. The van der Waals surface area contributed by atoms with Gasteiger partial charge in [-0.2, -0.15) is 0 Å². The first-order valence-corrected chi connectivity index (χ1v) is 9.02. The number of carbonyl (C=O) groups excluding carboxylic acids is 2. The minimum absolute atomic E-state index is 0.0591. The van der Waals surface area contributed by atoms with Crippen LogP contribution in [0.5, 0.6) is 0 Å². The van der Waals surface area contributed by atoms with Crippen LogP contribution in [0.1, 0.15) is 36.2 Å². The zero-order valence-corrected chi connectivity index (χ0v) is 14.1. The van der Waals surface area contributed by atoms with E-state index in [2.05, 4.69) is 15.6 Å². The normalized spacial score (nSPS) is 14.8. The highest BCUT2D eigenvalue weighted by atomic mass is 32.1. The van der Waals surface area contributed by atoms with E-state index in [-0.39, 0.29) is 11.9 Å². The summed E-state index contributed by atoms with van der Waals surface area (Å²) in [6.07, 6.45) is 4.51. The summed E-state index contributed by atoms with van der Waals surface area (Å²) in [4.78, 5) is 30.0. The Labute approximate surface area is 144 Å². The lowest BCUT2D eigenvalue weighted by molar-refractivity contribution is 0.102. The first-order valence-electron chi connectivity index (χ1n) is 8.08. The van der Waals surface area contributed by atoms with Crippen LogP contribution in [-0.2, 0) is 0 Å². The summed E-state index contributed by atoms with van der Waals surface area (Å²) in [5.41, 5.74) is 3.41. The number of urea groups is 1. The molecule has 1 fully saturated rings. The van der Waals surface area contributed by atoms with Crippen LogP contribution in [0.3, 0.4) is 0 Å². The lowest BCUT2D eigenvalue weighted by Crippen LogP contribution is -2.35. The molecular formula is C17H20N4O2S. The van der Waals surface area contributed by atoms with Crippen molar-refractivity contribution < 1.29 is 9.59 Å². The summed E-state index contributed by atoms with van der Waals surface area (Å²) >= 11 is 1.38. The first kappa shape index (κ1) is 16.4. The van der Waals surface area contributed by atoms with Gasteiger partial charge in [0.15, 0.2) is 0 Å². The monoisotopic (exact) mass is 344 g/mol. The molecular weight excluding hydrogens is 324 g/mol. The average Bonchev–Trinajstić information content (AvgIpc) is 2.99. The Morgan fingerprint density at radius 3 is 2.17 bits per heavy atom. The number of hydrogen-bond donors (Lipinski definition) is 2. The predicted molar refractivity (Wildman–Crippen MR) is 95.6 cm³/mol. The van der Waals surface area contributed by atoms with Gasteiger partial charge in [-0.15, -0.1) is 11.3 Å². The largest absolute Gasteiger partial charge is 0.325 e. The molecule has 0 aliphatic carbocycles. The number of anilines is 2. The lowest BCUT2D eigenvalue weighted by atomic mass is 10.2. The van der Waals surface area contributed by atoms with E-state index in [1.54, 1.807) is 35.2 Å². The van der Waals surface area contributed by atoms with E-state index in [0.717, 1.165) is 31.6 Å². The van der Waals surface area contributed by atoms with E-state index >= 15 is 0 Å². The van der Waals surface area contributed by atoms with Gasteiger partial charge in [0.1, 0.15) is 5.69 Å². The maximum absolute atomic E-state index is 12.3. The van der Waals surface area contributed by atoms with Gasteiger partial charge < -0.3 is 15.5 Å². The van der Waals surface area contributed by atoms with Crippen molar-refractivity contribution in [2.24, 2.45) is 0 Å². The lowest BCUT2D eigenvalue weighted by Gasteiger charge is -2.20. The maximum Gasteiger partial charge on any atom is 0.321 e. The Morgan fingerprint density at radius 2 is 1.58 bits per heavy atom. The Hall–Kier alpha value is -2.41. The number of carbonyl (C=O) groups is 2. The number of rotatable bonds is 3. The van der Waals surface area contributed by atoms with Gasteiger partial charge >= 0.3 is 6.03 Å². The van der Waals surface area contributed by atoms with Gasteiger partial charge in [0.25, 0.3) is 5.91 Å². The van der Waals surface area contributed by atoms with Crippen LogP contribution in [0.15, 0.2) is 35.2 Å². The molecule has 7 heteroatoms. The second-order valence-corrected chi connectivity index (χ2v) is 6.46. The summed E-state index contributed by atoms with van der Waals surface area (Å²) in [6.45, 7) is 1.63. The molecule has 1 aromatic carbocycles. The van der Waals surface area contributed by atoms with Crippen molar-refractivity contribution >= 4 is 34.6 Å². The number of nitrogens with zero attached hydrogens (tertiary/aromatic N) is 2. The van der Waals surface area contributed by atoms with Crippen molar-refractivity contribution in [1.29, 1.82) is 0 Å². The molecule has 1 aliphatic rings. The topological polar surface area (TPSA) is 74.3 Å². The van der Waals surface area contributed by atoms with Crippen LogP contribution >= 0.6 is 11.3 Å². The number of amides is 3. The van der Waals surface area contributed by atoms with Crippen LogP contribution in [0.25, 0.3) is 0 Å². The molecule has 0 radical (unpaired) electrons. The molecule has 1 aromatic heterocycles. The molecule has 0 atom stereocenters. The van der Waals surface area contributed by atoms with Gasteiger partial charge in [0.05, 0.1) is 5.51 Å². The summed E-state index contributed by atoms with van der Waals surface area (Å²) < 4.78 is 0. The maximum atomic E-state index is 12.3. The van der Waals surface area contributed by atoms with Crippen LogP contribution in [0.4, 0.5) is 16.2 Å². The van der Waals surface area contributed by atoms with Crippen LogP contribution in [0, 0.1) is 0 Å². The number of hydrogen-bond acceptors (Lipinski definition) is 4. The highest BCUT2D eigenvalue weighted by Gasteiger charge is 2.15. The average molecular weight is 344 g/mol. The van der Waals surface area contributed by atoms with Crippen molar-refractivity contribution in [3.8, 4) is 0 Å². The Kier molecular flexibility index (Phi) is 5.43. The standard InChI is InChI=1S/C17H20N4O2S/c22-16(15-11-24-12-18-15)19-13-5-7-14(8-6-13)20-17(23)21-9-3-1-2-4-10-21/h5-8,11-12H,1-4,9-10H2,(H,19,22)(H,20,23). The predicted octanol–water partition coefficient (Wildman–Crippen LogP) is 3.80. The van der Waals surface area contributed by atoms with Gasteiger partial charge in [-0.1, -0.05) is 12.8 Å². The van der Waals surface area contributed by atoms with Crippen LogP contribution in [-0.4, -0.2) is 34.9 Å². The van der Waals surface area contributed by atoms with Gasteiger partial charge in [-0.25, -0.2) is 9.78 Å². The molecule has 0 saturated carbocycles. The Balaban J connectivity index is 1.56. The van der Waals surface area contributed by atoms with E-state index in [0.29, 0.717) is 11.4 Å². The smallest absolute Gasteiger partial charge is 0.321 e. The molecule has 2 N–H and O–H groups in total. The second-order valence-electron chi connectivity index (χ2n) is 5.74. The van der Waals surface area contributed by atoms with Gasteiger partial charge in [-0.3, -0.25) is 4.79 Å². The minimum Gasteiger partial charge on any atom is -0.325 e. The zero-order chi connectivity index (χ0) is 16.8. The van der Waals surface area contributed by atoms with Crippen molar-refractivity contribution in [3.05, 3.63) is 40.8 Å². The Bertz CT molecular complexity index is 677. The SMILES string of the molecule is O=C(Nc1ccc(NC(=O)N2CCCCCC2)cc1)c1cscn1. The third-order valence-corrected chi connectivity index (χ3v) is 4.54. The van der Waals surface area contributed by atoms with Gasteiger partial charge in [-0.05, 0) is 37.1 Å². The van der Waals surface area contributed by atoms with Gasteiger partial charge in [0, 0.05) is 29.8 Å². The van der Waals surface area contributed by atoms with E-state index in [4.69, 9.17) is 0 Å². The number of likely N-dealkylation sites (tertiary alicyclic amines) is 1. The molecule has 6 nitrogen and oxygen atoms in total. The molecule has 0 bridgehead atoms. The van der Waals surface area contributed by atoms with Gasteiger partial charge in [0.2, 0.25) is 0 Å². The summed E-state index contributed by atoms with van der Waals surface area (Å²) in [7, 11) is 0. The van der Waals surface area contributed by atoms with E-state index < -0.39 is 0 Å². The summed E-state index contributed by atoms with van der Waals surface area (Å²) in [5, 5.41) is 7.39. The van der Waals surface area contributed by atoms with Crippen molar-refractivity contribution in [1.82, 2.24) is 9.88 Å². The molecule has 0 unspecified atom stereocenters. The minimum atomic E-state index is -0.238. The molecule has 3 rings (SSSR count). The highest BCUT2D eigenvalue weighted by Crippen LogP contribution is 2.16. The number of thiazole rings is 1. The molecule has 3 amide bonds. The quantitative estimate of drug-likeness (QED) is 0.889. The van der Waals surface area contributed by atoms with Crippen molar-refractivity contribution in [2.75, 3.05) is 23.7 Å². The number of aromatic nitrogens is 1. The van der Waals surface area contributed by atoms with Crippen LogP contribution < -0.4 is 10.6 Å². The molecule has 126 valence electrons. The molecule has 0 spiro atoms. The van der Waals surface area contributed by atoms with Crippen LogP contribution in [0.2, 0.25) is 0 Å². The fourth-order valence-corrected chi connectivity index (χ4v) is 3.17. The first-order chi connectivity index (χ1) is 11.7. The fourth-order valence-electron chi connectivity index (χ4n) is 2.63. The zero-order valence-electron chi connectivity index (χ0n) is 13.3. The van der Waals surface area contributed by atoms with E-state index in [1.807, 2.05) is 4.90 Å². The molecule has 1 saturated heterocycles. The molecule has 1 aliphatic heterocycles. The second kappa shape index (κ2) is 7.92. The molecule has 24 heavy (non-hydrogen) atoms. The summed E-state index contributed by atoms with van der Waals surface area (Å²) in [5.74, 6) is -0.238. The summed E-state index contributed by atoms with van der Waals surface area (Å²) in [6, 6.07) is 7.04. The third kappa shape index (κ3) is 4.32.